The molecule has 8 heteroatoms. The van der Waals surface area contributed by atoms with Gasteiger partial charge in [-0.05, 0) is 25.1 Å². The Bertz CT molecular complexity index is 1030. The van der Waals surface area contributed by atoms with Gasteiger partial charge in [0.1, 0.15) is 17.9 Å². The molecule has 1 aromatic heterocycles. The first-order chi connectivity index (χ1) is 14.0. The van der Waals surface area contributed by atoms with Crippen molar-refractivity contribution in [3.05, 3.63) is 65.9 Å². The summed E-state index contributed by atoms with van der Waals surface area (Å²) in [5.74, 6) is -1.000. The number of hydrogen-bond donors (Lipinski definition) is 2. The number of imide groups is 1. The van der Waals surface area contributed by atoms with E-state index in [2.05, 4.69) is 10.6 Å². The van der Waals surface area contributed by atoms with E-state index in [0.29, 0.717) is 22.3 Å². The van der Waals surface area contributed by atoms with Gasteiger partial charge in [-0.2, -0.15) is 0 Å². The molecule has 0 fully saturated rings. The summed E-state index contributed by atoms with van der Waals surface area (Å²) in [4.78, 5) is 35.9. The van der Waals surface area contributed by atoms with Gasteiger partial charge in [0, 0.05) is 12.4 Å². The number of carbonyl (C=O) groups is 3. The molecule has 2 aromatic carbocycles. The molecule has 3 rings (SSSR count). The molecule has 0 spiro atoms. The summed E-state index contributed by atoms with van der Waals surface area (Å²) >= 11 is 0. The van der Waals surface area contributed by atoms with E-state index in [-0.39, 0.29) is 12.4 Å². The molecule has 3 amide bonds. The van der Waals surface area contributed by atoms with E-state index in [1.165, 1.54) is 14.0 Å². The summed E-state index contributed by atoms with van der Waals surface area (Å²) in [5, 5.41) is 5.01. The number of carbonyl (C=O) groups excluding carboxylic acids is 3. The smallest absolute Gasteiger partial charge is 0.375 e. The van der Waals surface area contributed by atoms with Crippen LogP contribution in [0.4, 0.5) is 4.79 Å². The van der Waals surface area contributed by atoms with Crippen LogP contribution in [0.3, 0.4) is 0 Å². The summed E-state index contributed by atoms with van der Waals surface area (Å²) in [7, 11) is 1.37. The summed E-state index contributed by atoms with van der Waals surface area (Å²) in [5.41, 5.74) is 1.00. The number of ether oxygens (including phenoxy) is 2. The SMILES string of the molecule is CNC(=O)NC(=O)[C@H](C)OC(=O)c1oc2ccccc2c1COc1ccccc1. The van der Waals surface area contributed by atoms with E-state index in [0.717, 1.165) is 0 Å². The summed E-state index contributed by atoms with van der Waals surface area (Å²) in [6.45, 7) is 1.43. The monoisotopic (exact) mass is 396 g/mol. The van der Waals surface area contributed by atoms with Crippen molar-refractivity contribution in [1.29, 1.82) is 0 Å². The number of urea groups is 1. The molecule has 0 aliphatic heterocycles. The van der Waals surface area contributed by atoms with Gasteiger partial charge in [0.05, 0.1) is 5.56 Å². The van der Waals surface area contributed by atoms with Crippen molar-refractivity contribution in [2.24, 2.45) is 0 Å². The Hall–Kier alpha value is -3.81. The molecular formula is C21H20N2O6. The number of furan rings is 1. The highest BCUT2D eigenvalue weighted by Crippen LogP contribution is 2.28. The van der Waals surface area contributed by atoms with Crippen LogP contribution in [0.1, 0.15) is 23.0 Å². The zero-order valence-electron chi connectivity index (χ0n) is 15.9. The van der Waals surface area contributed by atoms with Gasteiger partial charge in [-0.1, -0.05) is 36.4 Å². The van der Waals surface area contributed by atoms with Crippen LogP contribution in [0.5, 0.6) is 5.75 Å². The number of amides is 3. The van der Waals surface area contributed by atoms with Crippen LogP contribution in [0.25, 0.3) is 11.0 Å². The zero-order chi connectivity index (χ0) is 20.8. The van der Waals surface area contributed by atoms with Gasteiger partial charge in [-0.15, -0.1) is 0 Å². The van der Waals surface area contributed by atoms with E-state index in [9.17, 15) is 14.4 Å². The second kappa shape index (κ2) is 8.92. The van der Waals surface area contributed by atoms with Crippen LogP contribution in [-0.2, 0) is 16.1 Å². The minimum absolute atomic E-state index is 0.0540. The third kappa shape index (κ3) is 4.73. The first-order valence-corrected chi connectivity index (χ1v) is 8.91. The van der Waals surface area contributed by atoms with Gasteiger partial charge in [0.2, 0.25) is 5.76 Å². The Balaban J connectivity index is 1.81. The Morgan fingerprint density at radius 1 is 1.03 bits per heavy atom. The van der Waals surface area contributed by atoms with E-state index < -0.39 is 24.0 Å². The molecule has 0 bridgehead atoms. The molecule has 0 unspecified atom stereocenters. The van der Waals surface area contributed by atoms with Gasteiger partial charge in [-0.3, -0.25) is 10.1 Å². The van der Waals surface area contributed by atoms with Gasteiger partial charge in [-0.25, -0.2) is 9.59 Å². The molecule has 0 saturated carbocycles. The Morgan fingerprint density at radius 3 is 2.45 bits per heavy atom. The van der Waals surface area contributed by atoms with Crippen molar-refractivity contribution in [1.82, 2.24) is 10.6 Å². The number of benzene rings is 2. The molecule has 0 radical (unpaired) electrons. The van der Waals surface area contributed by atoms with Gasteiger partial charge < -0.3 is 19.2 Å². The predicted molar refractivity (Wildman–Crippen MR) is 104 cm³/mol. The number of para-hydroxylation sites is 2. The molecule has 3 aromatic rings. The van der Waals surface area contributed by atoms with Crippen molar-refractivity contribution in [2.75, 3.05) is 7.05 Å². The number of esters is 1. The molecule has 0 aliphatic carbocycles. The quantitative estimate of drug-likeness (QED) is 0.621. The first-order valence-electron chi connectivity index (χ1n) is 8.91. The minimum atomic E-state index is -1.20. The lowest BCUT2D eigenvalue weighted by atomic mass is 10.1. The van der Waals surface area contributed by atoms with E-state index in [1.807, 2.05) is 24.3 Å². The fourth-order valence-corrected chi connectivity index (χ4v) is 2.62. The molecule has 8 nitrogen and oxygen atoms in total. The summed E-state index contributed by atoms with van der Waals surface area (Å²) < 4.78 is 16.6. The van der Waals surface area contributed by atoms with Crippen LogP contribution in [-0.4, -0.2) is 31.1 Å². The van der Waals surface area contributed by atoms with Crippen molar-refractivity contribution < 1.29 is 28.3 Å². The molecule has 1 heterocycles. The third-order valence-electron chi connectivity index (χ3n) is 4.13. The molecule has 29 heavy (non-hydrogen) atoms. The van der Waals surface area contributed by atoms with E-state index >= 15 is 0 Å². The van der Waals surface area contributed by atoms with Crippen LogP contribution in [0.15, 0.2) is 59.0 Å². The highest BCUT2D eigenvalue weighted by Gasteiger charge is 2.26. The van der Waals surface area contributed by atoms with Gasteiger partial charge in [0.25, 0.3) is 5.91 Å². The van der Waals surface area contributed by atoms with Crippen LogP contribution in [0.2, 0.25) is 0 Å². The van der Waals surface area contributed by atoms with Gasteiger partial charge >= 0.3 is 12.0 Å². The Kier molecular flexibility index (Phi) is 6.13. The molecule has 1 atom stereocenters. The average molecular weight is 396 g/mol. The number of rotatable bonds is 6. The van der Waals surface area contributed by atoms with Gasteiger partial charge in [0.15, 0.2) is 6.10 Å². The Morgan fingerprint density at radius 2 is 1.72 bits per heavy atom. The normalized spacial score (nSPS) is 11.5. The van der Waals surface area contributed by atoms with Crippen molar-refractivity contribution in [3.63, 3.8) is 0 Å². The van der Waals surface area contributed by atoms with Crippen LogP contribution >= 0.6 is 0 Å². The molecule has 0 saturated heterocycles. The van der Waals surface area contributed by atoms with E-state index in [4.69, 9.17) is 13.9 Å². The topological polar surface area (TPSA) is 107 Å². The predicted octanol–water partition coefficient (Wildman–Crippen LogP) is 3.01. The largest absolute Gasteiger partial charge is 0.489 e. The zero-order valence-corrected chi connectivity index (χ0v) is 15.9. The lowest BCUT2D eigenvalue weighted by molar-refractivity contribution is -0.128. The second-order valence-electron chi connectivity index (χ2n) is 6.12. The maximum absolute atomic E-state index is 12.7. The molecule has 150 valence electrons. The number of nitrogens with one attached hydrogen (secondary N) is 2. The lowest BCUT2D eigenvalue weighted by Crippen LogP contribution is -2.43. The van der Waals surface area contributed by atoms with Crippen molar-refractivity contribution in [2.45, 2.75) is 19.6 Å². The fraction of sp³-hybridized carbons (Fsp3) is 0.190. The summed E-state index contributed by atoms with van der Waals surface area (Å²) in [6, 6.07) is 15.6. The van der Waals surface area contributed by atoms with Crippen LogP contribution < -0.4 is 15.4 Å². The average Bonchev–Trinajstić information content (AvgIpc) is 3.11. The third-order valence-corrected chi connectivity index (χ3v) is 4.13. The lowest BCUT2D eigenvalue weighted by Gasteiger charge is -2.12. The molecule has 2 N–H and O–H groups in total. The number of fused-ring (bicyclic) bond motifs is 1. The summed E-state index contributed by atoms with van der Waals surface area (Å²) in [6.07, 6.45) is -1.20. The maximum atomic E-state index is 12.7. The van der Waals surface area contributed by atoms with Crippen LogP contribution in [0, 0.1) is 0 Å². The minimum Gasteiger partial charge on any atom is -0.489 e. The first kappa shape index (κ1) is 19.9. The van der Waals surface area contributed by atoms with Crippen molar-refractivity contribution in [3.8, 4) is 5.75 Å². The molecular weight excluding hydrogens is 376 g/mol. The maximum Gasteiger partial charge on any atom is 0.375 e. The highest BCUT2D eigenvalue weighted by molar-refractivity contribution is 6.00. The van der Waals surface area contributed by atoms with Crippen molar-refractivity contribution >= 4 is 28.9 Å². The molecule has 0 aliphatic rings. The highest BCUT2D eigenvalue weighted by atomic mass is 16.6. The second-order valence-corrected chi connectivity index (χ2v) is 6.12. The van der Waals surface area contributed by atoms with E-state index in [1.54, 1.807) is 30.3 Å². The fourth-order valence-electron chi connectivity index (χ4n) is 2.62. The standard InChI is InChI=1S/C21H20N2O6/c1-13(19(24)23-21(26)22-2)28-20(25)18-16(12-27-14-8-4-3-5-9-14)15-10-6-7-11-17(15)29-18/h3-11,13H,12H2,1-2H3,(H2,22,23,24,26)/t13-/m0/s1. The Labute approximate surface area is 166 Å². The number of hydrogen-bond acceptors (Lipinski definition) is 6.